The number of aliphatic carboxylic acids is 1. The highest BCUT2D eigenvalue weighted by molar-refractivity contribution is 5.97. The fourth-order valence-corrected chi connectivity index (χ4v) is 5.17. The molecular formula is C28H46N2O6. The number of carboxylic acid groups (broad SMARTS) is 1. The molecule has 1 aliphatic heterocycles. The smallest absolute Gasteiger partial charge is 0.326 e. The second-order valence-corrected chi connectivity index (χ2v) is 10.5. The highest BCUT2D eigenvalue weighted by atomic mass is 16.4. The number of carboxylic acids is 1. The summed E-state index contributed by atoms with van der Waals surface area (Å²) >= 11 is 0. The molecule has 1 aromatic carbocycles. The van der Waals surface area contributed by atoms with Crippen molar-refractivity contribution in [3.05, 3.63) is 23.3 Å². The molecule has 8 heteroatoms. The van der Waals surface area contributed by atoms with E-state index in [1.165, 1.54) is 6.07 Å². The second kappa shape index (κ2) is 13.8. The van der Waals surface area contributed by atoms with Crippen LogP contribution in [0.4, 0.5) is 0 Å². The van der Waals surface area contributed by atoms with E-state index in [0.717, 1.165) is 44.9 Å². The summed E-state index contributed by atoms with van der Waals surface area (Å²) in [5.41, 5.74) is -0.398. The molecule has 1 fully saturated rings. The first-order valence-corrected chi connectivity index (χ1v) is 13.6. The third-order valence-electron chi connectivity index (χ3n) is 7.70. The molecule has 1 heterocycles. The third-order valence-corrected chi connectivity index (χ3v) is 7.70. The van der Waals surface area contributed by atoms with Crippen molar-refractivity contribution in [2.45, 2.75) is 90.5 Å². The largest absolute Gasteiger partial charge is 0.508 e. The maximum Gasteiger partial charge on any atom is 0.326 e. The predicted molar refractivity (Wildman–Crippen MR) is 141 cm³/mol. The lowest BCUT2D eigenvalue weighted by Gasteiger charge is -2.41. The first kappa shape index (κ1) is 29.9. The Bertz CT molecular complexity index is 866. The zero-order chi connectivity index (χ0) is 26.9. The van der Waals surface area contributed by atoms with Crippen LogP contribution in [0.3, 0.4) is 0 Å². The van der Waals surface area contributed by atoms with Gasteiger partial charge in [0.15, 0.2) is 0 Å². The summed E-state index contributed by atoms with van der Waals surface area (Å²) in [6.07, 6.45) is 6.30. The van der Waals surface area contributed by atoms with Gasteiger partial charge in [0.1, 0.15) is 17.0 Å². The van der Waals surface area contributed by atoms with Gasteiger partial charge < -0.3 is 25.3 Å². The molecular weight excluding hydrogens is 460 g/mol. The standard InChI is InChI=1S/C28H46N2O6/c1-5-7-12-28(19-31,27(35)36)30(13-8-6-2)16-11-21-9-14-29(15-10-21)26(34)23-17-22(20(3)4)24(32)18-25(23)33/h17-18,20-21,31-33H,5-16,19H2,1-4H3,(H,35,36). The van der Waals surface area contributed by atoms with Gasteiger partial charge in [-0.25, -0.2) is 0 Å². The number of likely N-dealkylation sites (tertiary alicyclic amines) is 1. The molecule has 0 radical (unpaired) electrons. The van der Waals surface area contributed by atoms with Gasteiger partial charge in [-0.2, -0.15) is 0 Å². The maximum atomic E-state index is 13.1. The van der Waals surface area contributed by atoms with Crippen molar-refractivity contribution < 1.29 is 30.0 Å². The van der Waals surface area contributed by atoms with Gasteiger partial charge >= 0.3 is 5.97 Å². The van der Waals surface area contributed by atoms with E-state index in [2.05, 4.69) is 6.92 Å². The minimum atomic E-state index is -1.24. The van der Waals surface area contributed by atoms with E-state index in [1.807, 2.05) is 25.7 Å². The Morgan fingerprint density at radius 2 is 1.69 bits per heavy atom. The predicted octanol–water partition coefficient (Wildman–Crippen LogP) is 4.57. The van der Waals surface area contributed by atoms with Crippen LogP contribution in [0.1, 0.15) is 101 Å². The summed E-state index contributed by atoms with van der Waals surface area (Å²) < 4.78 is 0. The van der Waals surface area contributed by atoms with Crippen LogP contribution in [0, 0.1) is 5.92 Å². The molecule has 36 heavy (non-hydrogen) atoms. The van der Waals surface area contributed by atoms with Gasteiger partial charge in [0, 0.05) is 19.2 Å². The van der Waals surface area contributed by atoms with Crippen LogP contribution in [0.2, 0.25) is 0 Å². The Morgan fingerprint density at radius 1 is 1.06 bits per heavy atom. The van der Waals surface area contributed by atoms with Crippen LogP contribution in [-0.4, -0.2) is 80.4 Å². The normalized spacial score (nSPS) is 16.5. The molecule has 204 valence electrons. The lowest BCUT2D eigenvalue weighted by atomic mass is 9.88. The number of hydrogen-bond donors (Lipinski definition) is 4. The summed E-state index contributed by atoms with van der Waals surface area (Å²) in [6, 6.07) is 2.83. The number of phenolic OH excluding ortho intramolecular Hbond substituents is 2. The number of piperidine rings is 1. The zero-order valence-corrected chi connectivity index (χ0v) is 22.5. The minimum Gasteiger partial charge on any atom is -0.508 e. The van der Waals surface area contributed by atoms with Gasteiger partial charge in [-0.15, -0.1) is 0 Å². The molecule has 1 unspecified atom stereocenters. The zero-order valence-electron chi connectivity index (χ0n) is 22.5. The number of rotatable bonds is 14. The number of carbonyl (C=O) groups excluding carboxylic acids is 1. The van der Waals surface area contributed by atoms with Gasteiger partial charge in [-0.3, -0.25) is 14.5 Å². The number of phenols is 2. The Labute approximate surface area is 215 Å². The summed E-state index contributed by atoms with van der Waals surface area (Å²) in [7, 11) is 0. The van der Waals surface area contributed by atoms with E-state index in [-0.39, 0.29) is 28.9 Å². The molecule has 0 aliphatic carbocycles. The monoisotopic (exact) mass is 506 g/mol. The third kappa shape index (κ3) is 7.13. The SMILES string of the molecule is CCCCN(CCC1CCN(C(=O)c2cc(C(C)C)c(O)cc2O)CC1)C(CO)(CCCC)C(=O)O. The first-order valence-electron chi connectivity index (χ1n) is 13.6. The van der Waals surface area contributed by atoms with Crippen LogP contribution >= 0.6 is 0 Å². The van der Waals surface area contributed by atoms with Crippen molar-refractivity contribution in [1.29, 1.82) is 0 Å². The van der Waals surface area contributed by atoms with E-state index in [0.29, 0.717) is 44.1 Å². The Balaban J connectivity index is 2.04. The van der Waals surface area contributed by atoms with Crippen LogP contribution < -0.4 is 0 Å². The molecule has 1 aliphatic rings. The molecule has 2 rings (SSSR count). The summed E-state index contributed by atoms with van der Waals surface area (Å²) in [6.45, 7) is 9.93. The van der Waals surface area contributed by atoms with Crippen molar-refractivity contribution in [1.82, 2.24) is 9.80 Å². The molecule has 4 N–H and O–H groups in total. The number of carbonyl (C=O) groups is 2. The second-order valence-electron chi connectivity index (χ2n) is 10.5. The summed E-state index contributed by atoms with van der Waals surface area (Å²) in [5.74, 6) is -1.03. The number of aromatic hydroxyl groups is 2. The minimum absolute atomic E-state index is 0.00959. The Kier molecular flexibility index (Phi) is 11.5. The number of aliphatic hydroxyl groups is 1. The average molecular weight is 507 g/mol. The van der Waals surface area contributed by atoms with Crippen LogP contribution in [-0.2, 0) is 4.79 Å². The molecule has 0 aromatic heterocycles. The van der Waals surface area contributed by atoms with E-state index < -0.39 is 18.1 Å². The number of hydrogen-bond acceptors (Lipinski definition) is 6. The van der Waals surface area contributed by atoms with Crippen molar-refractivity contribution in [3.63, 3.8) is 0 Å². The Morgan fingerprint density at radius 3 is 2.22 bits per heavy atom. The van der Waals surface area contributed by atoms with Gasteiger partial charge in [0.2, 0.25) is 0 Å². The van der Waals surface area contributed by atoms with Crippen LogP contribution in [0.5, 0.6) is 11.5 Å². The van der Waals surface area contributed by atoms with Crippen LogP contribution in [0.25, 0.3) is 0 Å². The highest BCUT2D eigenvalue weighted by Crippen LogP contribution is 2.34. The number of nitrogens with zero attached hydrogens (tertiary/aromatic N) is 2. The summed E-state index contributed by atoms with van der Waals surface area (Å²) in [5, 5.41) is 40.6. The van der Waals surface area contributed by atoms with E-state index >= 15 is 0 Å². The topological polar surface area (TPSA) is 122 Å². The number of amides is 1. The van der Waals surface area contributed by atoms with Crippen LogP contribution in [0.15, 0.2) is 12.1 Å². The van der Waals surface area contributed by atoms with Gasteiger partial charge in [0.05, 0.1) is 12.2 Å². The van der Waals surface area contributed by atoms with Crippen molar-refractivity contribution in [2.24, 2.45) is 5.92 Å². The van der Waals surface area contributed by atoms with E-state index in [1.54, 1.807) is 11.0 Å². The molecule has 0 bridgehead atoms. The first-order chi connectivity index (χ1) is 17.1. The maximum absolute atomic E-state index is 13.1. The lowest BCUT2D eigenvalue weighted by Crippen LogP contribution is -2.58. The van der Waals surface area contributed by atoms with Crippen molar-refractivity contribution in [2.75, 3.05) is 32.8 Å². The molecule has 0 spiro atoms. The number of aliphatic hydroxyl groups excluding tert-OH is 1. The van der Waals surface area contributed by atoms with Crippen molar-refractivity contribution in [3.8, 4) is 11.5 Å². The fraction of sp³-hybridized carbons (Fsp3) is 0.714. The van der Waals surface area contributed by atoms with E-state index in [9.17, 15) is 30.0 Å². The molecule has 8 nitrogen and oxygen atoms in total. The molecule has 1 aromatic rings. The van der Waals surface area contributed by atoms with Gasteiger partial charge in [-0.1, -0.05) is 47.0 Å². The number of benzene rings is 1. The molecule has 0 saturated carbocycles. The summed E-state index contributed by atoms with van der Waals surface area (Å²) in [4.78, 5) is 29.2. The fourth-order valence-electron chi connectivity index (χ4n) is 5.17. The average Bonchev–Trinajstić information content (AvgIpc) is 2.85. The molecule has 1 amide bonds. The van der Waals surface area contributed by atoms with E-state index in [4.69, 9.17) is 0 Å². The quantitative estimate of drug-likeness (QED) is 0.292. The highest BCUT2D eigenvalue weighted by Gasteiger charge is 2.43. The molecule has 1 saturated heterocycles. The van der Waals surface area contributed by atoms with Gasteiger partial charge in [0.25, 0.3) is 5.91 Å². The molecule has 1 atom stereocenters. The lowest BCUT2D eigenvalue weighted by molar-refractivity contribution is -0.156. The van der Waals surface area contributed by atoms with Crippen molar-refractivity contribution >= 4 is 11.9 Å². The number of unbranched alkanes of at least 4 members (excludes halogenated alkanes) is 2. The Hall–Kier alpha value is -2.32. The van der Waals surface area contributed by atoms with Gasteiger partial charge in [-0.05, 0) is 68.7 Å².